The second-order valence-corrected chi connectivity index (χ2v) is 27.6. The predicted octanol–water partition coefficient (Wildman–Crippen LogP) is 3.07. The second kappa shape index (κ2) is 23.7. The second-order valence-electron chi connectivity index (χ2n) is 22.2. The molecule has 1 aliphatic heterocycles. The van der Waals surface area contributed by atoms with Gasteiger partial charge in [0, 0.05) is 37.1 Å². The van der Waals surface area contributed by atoms with Gasteiger partial charge in [0.25, 0.3) is 0 Å². The highest BCUT2D eigenvalue weighted by Gasteiger charge is 2.64. The summed E-state index contributed by atoms with van der Waals surface area (Å²) in [5, 5.41) is 49.1. The van der Waals surface area contributed by atoms with Crippen molar-refractivity contribution in [1.82, 2.24) is 30.2 Å². The Bertz CT molecular complexity index is 2530. The highest BCUT2D eigenvalue weighted by molar-refractivity contribution is 8.13. The zero-order valence-corrected chi connectivity index (χ0v) is 46.2. The third kappa shape index (κ3) is 13.7. The van der Waals surface area contributed by atoms with Crippen LogP contribution in [0.2, 0.25) is 0 Å². The number of thioether (sulfide) groups is 1. The average Bonchev–Trinajstić information content (AvgIpc) is 4.01. The Morgan fingerprint density at radius 1 is 0.947 bits per heavy atom. The number of carbonyl (C=O) groups is 3. The zero-order valence-electron chi connectivity index (χ0n) is 42.7. The molecule has 2 aromatic heterocycles. The number of aliphatic hydroxyl groups excluding tert-OH is 4. The fourth-order valence-corrected chi connectivity index (χ4v) is 16.6. The fourth-order valence-electron chi connectivity index (χ4n) is 13.1. The minimum atomic E-state index is -5.60. The van der Waals surface area contributed by atoms with Crippen molar-refractivity contribution < 1.29 is 90.7 Å². The van der Waals surface area contributed by atoms with E-state index >= 15 is 0 Å². The van der Waals surface area contributed by atoms with Crippen molar-refractivity contribution >= 4 is 69.1 Å². The van der Waals surface area contributed by atoms with E-state index in [4.69, 9.17) is 19.5 Å². The molecule has 0 spiro atoms. The molecule has 0 aromatic carbocycles. The van der Waals surface area contributed by atoms with E-state index in [-0.39, 0.29) is 64.5 Å². The van der Waals surface area contributed by atoms with Crippen LogP contribution < -0.4 is 16.4 Å². The fraction of sp³-hybridized carbons (Fsp3) is 0.822. The monoisotopic (exact) mass is 1140 g/mol. The number of hydrogen-bond acceptors (Lipinski definition) is 20. The van der Waals surface area contributed by atoms with Crippen LogP contribution in [0.4, 0.5) is 5.82 Å². The molecule has 30 heteroatoms. The van der Waals surface area contributed by atoms with Crippen molar-refractivity contribution in [2.24, 2.45) is 51.8 Å². The summed E-state index contributed by atoms with van der Waals surface area (Å²) in [6.07, 6.45) is 1.50. The smallest absolute Gasteiger partial charge is 0.393 e. The first-order valence-electron chi connectivity index (χ1n) is 25.4. The van der Waals surface area contributed by atoms with Crippen LogP contribution in [-0.2, 0) is 50.7 Å². The predicted molar refractivity (Wildman–Crippen MR) is 268 cm³/mol. The number of phosphoric ester groups is 3. The summed E-state index contributed by atoms with van der Waals surface area (Å²) < 4.78 is 62.7. The first-order valence-corrected chi connectivity index (χ1v) is 30.9. The highest BCUT2D eigenvalue weighted by Crippen LogP contribution is 2.68. The number of nitrogens with zero attached hydrogens (tertiary/aromatic N) is 4. The molecule has 7 rings (SSSR count). The van der Waals surface area contributed by atoms with Gasteiger partial charge in [-0.25, -0.2) is 28.6 Å². The van der Waals surface area contributed by atoms with Gasteiger partial charge in [-0.2, -0.15) is 4.31 Å². The van der Waals surface area contributed by atoms with Crippen LogP contribution in [0, 0.1) is 51.8 Å². The maximum absolute atomic E-state index is 13.0. The van der Waals surface area contributed by atoms with Gasteiger partial charge in [-0.1, -0.05) is 46.4 Å². The number of nitrogens with one attached hydrogen (secondary N) is 2. The number of nitrogen functional groups attached to an aromatic ring is 1. The molecule has 4 aliphatic carbocycles. The molecule has 1 saturated heterocycles. The Hall–Kier alpha value is -2.52. The van der Waals surface area contributed by atoms with Crippen molar-refractivity contribution in [3.63, 3.8) is 0 Å². The van der Waals surface area contributed by atoms with Crippen LogP contribution in [0.3, 0.4) is 0 Å². The number of fused-ring (bicyclic) bond motifs is 6. The van der Waals surface area contributed by atoms with Crippen LogP contribution >= 0.6 is 35.2 Å². The Kier molecular flexibility index (Phi) is 19.0. The molecule has 0 bridgehead atoms. The van der Waals surface area contributed by atoms with Crippen LogP contribution in [0.1, 0.15) is 111 Å². The van der Waals surface area contributed by atoms with Crippen LogP contribution in [-0.4, -0.2) is 145 Å². The van der Waals surface area contributed by atoms with Crippen LogP contribution in [0.5, 0.6) is 0 Å². The van der Waals surface area contributed by atoms with Gasteiger partial charge in [0.15, 0.2) is 22.8 Å². The number of rotatable bonds is 23. The molecule has 0 radical (unpaired) electrons. The number of amides is 2. The van der Waals surface area contributed by atoms with Crippen molar-refractivity contribution in [3.05, 3.63) is 12.7 Å². The quantitative estimate of drug-likeness (QED) is 0.0562. The van der Waals surface area contributed by atoms with Crippen LogP contribution in [0.25, 0.3) is 11.2 Å². The Labute approximate surface area is 438 Å². The number of hydrogen-bond donors (Lipinski definition) is 11. The molecule has 5 aliphatic rings. The van der Waals surface area contributed by atoms with E-state index in [9.17, 15) is 68.1 Å². The molecule has 2 amide bonds. The summed E-state index contributed by atoms with van der Waals surface area (Å²) in [4.78, 5) is 89.7. The molecule has 17 unspecified atom stereocenters. The van der Waals surface area contributed by atoms with Crippen LogP contribution in [0.15, 0.2) is 12.7 Å². The molecule has 424 valence electrons. The van der Waals surface area contributed by atoms with E-state index in [1.807, 2.05) is 0 Å². The van der Waals surface area contributed by atoms with Crippen molar-refractivity contribution in [1.29, 1.82) is 0 Å². The minimum Gasteiger partial charge on any atom is -0.393 e. The average molecular weight is 1140 g/mol. The van der Waals surface area contributed by atoms with Gasteiger partial charge in [0.1, 0.15) is 36.3 Å². The van der Waals surface area contributed by atoms with Gasteiger partial charge in [-0.3, -0.25) is 32.5 Å². The first kappa shape index (κ1) is 60.1. The normalized spacial score (nSPS) is 34.3. The zero-order chi connectivity index (χ0) is 55.1. The topological polar surface area (TPSA) is 404 Å². The van der Waals surface area contributed by atoms with E-state index < -0.39 is 90.7 Å². The number of aromatic nitrogens is 4. The highest BCUT2D eigenvalue weighted by atomic mass is 32.2. The lowest BCUT2D eigenvalue weighted by molar-refractivity contribution is -0.174. The molecular weight excluding hydrogens is 1070 g/mol. The summed E-state index contributed by atoms with van der Waals surface area (Å²) >= 11 is 1.14. The van der Waals surface area contributed by atoms with Gasteiger partial charge in [0.05, 0.1) is 31.7 Å². The lowest BCUT2D eigenvalue weighted by Crippen LogP contribution is -2.58. The van der Waals surface area contributed by atoms with Gasteiger partial charge < -0.3 is 61.1 Å². The standard InChI is InChI=1S/C45H74N7O19P3S/c1-24(28-9-10-29-27-8-7-25-18-26(53)12-14-44(25,4)30(27)19-32(54)45(28,29)5)6-11-34(56)75-17-16-47-33(55)13-15-48-41(59)38(58)43(2,3)21-68-74(65,66)71-73(63,64)67-20-31-37(70-72(60,61)62)36(57)42(69-31)52-23-51-35-39(46)49-22-50-40(35)52/h22-32,36-38,42,53-54,57-58H,6-21H2,1-5H3,(H,47,55)(H,48,59)(H,63,64)(H,65,66)(H2,46,49,50)(H2,60,61,62). The summed E-state index contributed by atoms with van der Waals surface area (Å²) in [5.74, 6) is 1.47. The number of imidazole rings is 1. The number of ether oxygens (including phenoxy) is 1. The number of anilines is 1. The van der Waals surface area contributed by atoms with Gasteiger partial charge >= 0.3 is 23.5 Å². The minimum absolute atomic E-state index is 0.0164. The van der Waals surface area contributed by atoms with Crippen molar-refractivity contribution in [2.45, 2.75) is 148 Å². The van der Waals surface area contributed by atoms with Crippen molar-refractivity contribution in [2.75, 3.05) is 37.8 Å². The molecular formula is C45H74N7O19P3S. The van der Waals surface area contributed by atoms with Gasteiger partial charge in [-0.15, -0.1) is 0 Å². The SMILES string of the molecule is CC(CCC(=O)SCCNC(=O)CCNC(=O)C(O)C(C)(C)COP(=O)(O)OP(=O)(O)OCC1OC(n2cnc3c(N)ncnc32)C(O)C1OP(=O)(O)O)C1CCC2C3CCC4CC(O)CCC4(C)C3CC(O)C12C. The van der Waals surface area contributed by atoms with E-state index in [0.717, 1.165) is 80.4 Å². The summed E-state index contributed by atoms with van der Waals surface area (Å²) in [6, 6.07) is 0. The molecule has 2 aromatic rings. The Balaban J connectivity index is 0.780. The van der Waals surface area contributed by atoms with Gasteiger partial charge in [-0.05, 0) is 104 Å². The number of carbonyl (C=O) groups excluding carboxylic acids is 3. The van der Waals surface area contributed by atoms with Gasteiger partial charge in [0.2, 0.25) is 11.8 Å². The lowest BCUT2D eigenvalue weighted by atomic mass is 9.43. The molecule has 26 nitrogen and oxygen atoms in total. The lowest BCUT2D eigenvalue weighted by Gasteiger charge is -2.62. The molecule has 75 heavy (non-hydrogen) atoms. The molecule has 4 saturated carbocycles. The molecule has 12 N–H and O–H groups in total. The Morgan fingerprint density at radius 2 is 1.67 bits per heavy atom. The summed E-state index contributed by atoms with van der Waals surface area (Å²) in [7, 11) is -16.5. The largest absolute Gasteiger partial charge is 0.481 e. The van der Waals surface area contributed by atoms with E-state index in [1.54, 1.807) is 0 Å². The van der Waals surface area contributed by atoms with Crippen molar-refractivity contribution in [3.8, 4) is 0 Å². The Morgan fingerprint density at radius 3 is 2.39 bits per heavy atom. The summed E-state index contributed by atoms with van der Waals surface area (Å²) in [5.41, 5.74) is 4.24. The first-order chi connectivity index (χ1) is 35.0. The number of aliphatic hydroxyl groups is 4. The number of phosphoric acid groups is 3. The maximum atomic E-state index is 13.0. The summed E-state index contributed by atoms with van der Waals surface area (Å²) in [6.45, 7) is 7.38. The van der Waals surface area contributed by atoms with E-state index in [2.05, 4.69) is 55.2 Å². The number of nitrogens with two attached hydrogens (primary N) is 1. The molecule has 5 fully saturated rings. The molecule has 17 atom stereocenters. The third-order valence-electron chi connectivity index (χ3n) is 17.1. The maximum Gasteiger partial charge on any atom is 0.481 e. The van der Waals surface area contributed by atoms with E-state index in [0.29, 0.717) is 48.2 Å². The van der Waals surface area contributed by atoms with E-state index in [1.165, 1.54) is 13.8 Å². The molecule has 3 heterocycles. The third-order valence-corrected chi connectivity index (χ3v) is 21.1.